The number of rotatable bonds is 9. The lowest BCUT2D eigenvalue weighted by molar-refractivity contribution is 0.585. The third-order valence-corrected chi connectivity index (χ3v) is 4.50. The standard InChI is InChI=1S/C21H29ClN4O.HI/c1-3-23-21(25-14-12-18-9-7-10-19(22)16-18)24-13-4-5-15-26-17(2)8-6-11-20(26)27;/h6-11,16H,3-5,12-15H2,1-2H3,(H2,23,24,25);1H. The summed E-state index contributed by atoms with van der Waals surface area (Å²) >= 11 is 6.02. The summed E-state index contributed by atoms with van der Waals surface area (Å²) in [7, 11) is 0. The number of aryl methyl sites for hydroxylation is 1. The topological polar surface area (TPSA) is 58.4 Å². The predicted octanol–water partition coefficient (Wildman–Crippen LogP) is 4.01. The smallest absolute Gasteiger partial charge is 0.250 e. The first-order valence-corrected chi connectivity index (χ1v) is 9.91. The molecular weight excluding hydrogens is 487 g/mol. The number of benzene rings is 1. The van der Waals surface area contributed by atoms with Crippen molar-refractivity contribution in [3.8, 4) is 0 Å². The van der Waals surface area contributed by atoms with E-state index < -0.39 is 0 Å². The van der Waals surface area contributed by atoms with Gasteiger partial charge in [0.25, 0.3) is 5.56 Å². The van der Waals surface area contributed by atoms with Crippen LogP contribution in [0.25, 0.3) is 0 Å². The second kappa shape index (κ2) is 13.6. The molecule has 1 aromatic heterocycles. The van der Waals surface area contributed by atoms with Gasteiger partial charge in [0, 0.05) is 43.0 Å². The number of pyridine rings is 1. The highest BCUT2D eigenvalue weighted by molar-refractivity contribution is 14.0. The van der Waals surface area contributed by atoms with Crippen LogP contribution < -0.4 is 16.2 Å². The molecule has 2 rings (SSSR count). The van der Waals surface area contributed by atoms with Gasteiger partial charge in [-0.05, 0) is 56.9 Å². The van der Waals surface area contributed by atoms with Crippen LogP contribution in [0.15, 0.2) is 52.3 Å². The highest BCUT2D eigenvalue weighted by Gasteiger charge is 2.00. The number of aromatic nitrogens is 1. The van der Waals surface area contributed by atoms with E-state index in [2.05, 4.69) is 28.6 Å². The molecule has 2 N–H and O–H groups in total. The second-order valence-corrected chi connectivity index (χ2v) is 6.87. The Bertz CT molecular complexity index is 807. The molecule has 0 aliphatic carbocycles. The van der Waals surface area contributed by atoms with Crippen LogP contribution in [-0.4, -0.2) is 30.2 Å². The van der Waals surface area contributed by atoms with Crippen LogP contribution in [-0.2, 0) is 13.0 Å². The van der Waals surface area contributed by atoms with E-state index in [-0.39, 0.29) is 29.5 Å². The average Bonchev–Trinajstić information content (AvgIpc) is 2.63. The van der Waals surface area contributed by atoms with E-state index in [0.29, 0.717) is 0 Å². The molecule has 5 nitrogen and oxygen atoms in total. The quantitative estimate of drug-likeness (QED) is 0.229. The minimum Gasteiger partial charge on any atom is -0.357 e. The number of hydrogen-bond donors (Lipinski definition) is 2. The zero-order valence-corrected chi connectivity index (χ0v) is 19.7. The third-order valence-electron chi connectivity index (χ3n) is 4.27. The third kappa shape index (κ3) is 8.65. The molecule has 0 radical (unpaired) electrons. The van der Waals surface area contributed by atoms with Gasteiger partial charge in [0.15, 0.2) is 5.96 Å². The first kappa shape index (κ1) is 24.5. The monoisotopic (exact) mass is 516 g/mol. The Labute approximate surface area is 189 Å². The van der Waals surface area contributed by atoms with Crippen LogP contribution in [0, 0.1) is 6.92 Å². The Morgan fingerprint density at radius 2 is 1.93 bits per heavy atom. The van der Waals surface area contributed by atoms with Crippen molar-refractivity contribution >= 4 is 41.5 Å². The lowest BCUT2D eigenvalue weighted by atomic mass is 10.1. The zero-order chi connectivity index (χ0) is 19.5. The van der Waals surface area contributed by atoms with Crippen molar-refractivity contribution in [2.45, 2.75) is 39.7 Å². The van der Waals surface area contributed by atoms with Crippen molar-refractivity contribution in [3.63, 3.8) is 0 Å². The first-order chi connectivity index (χ1) is 13.1. The van der Waals surface area contributed by atoms with Crippen molar-refractivity contribution in [3.05, 3.63) is 69.1 Å². The van der Waals surface area contributed by atoms with Gasteiger partial charge < -0.3 is 15.2 Å². The number of nitrogens with one attached hydrogen (secondary N) is 2. The minimum absolute atomic E-state index is 0. The van der Waals surface area contributed by atoms with E-state index in [1.54, 1.807) is 12.1 Å². The van der Waals surface area contributed by atoms with E-state index in [9.17, 15) is 4.79 Å². The van der Waals surface area contributed by atoms with E-state index in [1.807, 2.05) is 35.8 Å². The Morgan fingerprint density at radius 1 is 1.14 bits per heavy atom. The summed E-state index contributed by atoms with van der Waals surface area (Å²) in [5.74, 6) is 0.826. The second-order valence-electron chi connectivity index (χ2n) is 6.43. The van der Waals surface area contributed by atoms with E-state index in [0.717, 1.165) is 62.1 Å². The summed E-state index contributed by atoms with van der Waals surface area (Å²) in [4.78, 5) is 16.5. The fraction of sp³-hybridized carbons (Fsp3) is 0.429. The molecule has 7 heteroatoms. The van der Waals surface area contributed by atoms with Gasteiger partial charge in [0.05, 0.1) is 0 Å². The van der Waals surface area contributed by atoms with Crippen LogP contribution in [0.5, 0.6) is 0 Å². The highest BCUT2D eigenvalue weighted by atomic mass is 127. The summed E-state index contributed by atoms with van der Waals surface area (Å²) in [6.07, 6.45) is 2.75. The maximum Gasteiger partial charge on any atom is 0.250 e. The Kier molecular flexibility index (Phi) is 11.9. The van der Waals surface area contributed by atoms with Crippen LogP contribution in [0.4, 0.5) is 0 Å². The number of unbranched alkanes of at least 4 members (excludes halogenated alkanes) is 1. The summed E-state index contributed by atoms with van der Waals surface area (Å²) < 4.78 is 1.82. The molecule has 0 atom stereocenters. The SMILES string of the molecule is CCNC(=NCCCCn1c(C)cccc1=O)NCCc1cccc(Cl)c1.I. The molecule has 0 saturated carbocycles. The molecule has 0 saturated heterocycles. The summed E-state index contributed by atoms with van der Waals surface area (Å²) in [5, 5.41) is 7.39. The minimum atomic E-state index is 0. The highest BCUT2D eigenvalue weighted by Crippen LogP contribution is 2.10. The molecule has 154 valence electrons. The molecule has 1 aromatic carbocycles. The van der Waals surface area contributed by atoms with Crippen molar-refractivity contribution in [1.82, 2.24) is 15.2 Å². The maximum atomic E-state index is 11.9. The Morgan fingerprint density at radius 3 is 2.64 bits per heavy atom. The van der Waals surface area contributed by atoms with Gasteiger partial charge in [-0.25, -0.2) is 0 Å². The van der Waals surface area contributed by atoms with Gasteiger partial charge in [-0.1, -0.05) is 29.8 Å². The summed E-state index contributed by atoms with van der Waals surface area (Å²) in [5.41, 5.74) is 2.27. The molecule has 0 unspecified atom stereocenters. The van der Waals surface area contributed by atoms with Gasteiger partial charge in [0.2, 0.25) is 0 Å². The Balaban J connectivity index is 0.00000392. The van der Waals surface area contributed by atoms with Crippen LogP contribution in [0.2, 0.25) is 5.02 Å². The van der Waals surface area contributed by atoms with Crippen molar-refractivity contribution in [2.24, 2.45) is 4.99 Å². The van der Waals surface area contributed by atoms with Crippen LogP contribution >= 0.6 is 35.6 Å². The fourth-order valence-corrected chi connectivity index (χ4v) is 3.05. The van der Waals surface area contributed by atoms with Crippen molar-refractivity contribution < 1.29 is 0 Å². The molecule has 0 fully saturated rings. The van der Waals surface area contributed by atoms with E-state index in [4.69, 9.17) is 11.6 Å². The summed E-state index contributed by atoms with van der Waals surface area (Å²) in [6, 6.07) is 13.3. The van der Waals surface area contributed by atoms with E-state index in [1.165, 1.54) is 5.56 Å². The lowest BCUT2D eigenvalue weighted by Crippen LogP contribution is -2.38. The molecule has 2 aromatic rings. The number of aliphatic imine (C=N–C) groups is 1. The molecular formula is C21H30ClIN4O. The molecule has 28 heavy (non-hydrogen) atoms. The fourth-order valence-electron chi connectivity index (χ4n) is 2.84. The molecule has 0 amide bonds. The van der Waals surface area contributed by atoms with Crippen LogP contribution in [0.3, 0.4) is 0 Å². The number of nitrogens with zero attached hydrogens (tertiary/aromatic N) is 2. The van der Waals surface area contributed by atoms with Gasteiger partial charge in [-0.3, -0.25) is 9.79 Å². The van der Waals surface area contributed by atoms with Crippen LogP contribution in [0.1, 0.15) is 31.0 Å². The molecule has 0 spiro atoms. The van der Waals surface area contributed by atoms with Gasteiger partial charge in [-0.2, -0.15) is 0 Å². The molecule has 1 heterocycles. The van der Waals surface area contributed by atoms with Gasteiger partial charge in [0.1, 0.15) is 0 Å². The van der Waals surface area contributed by atoms with Crippen molar-refractivity contribution in [1.29, 1.82) is 0 Å². The zero-order valence-electron chi connectivity index (χ0n) is 16.6. The van der Waals surface area contributed by atoms with Crippen molar-refractivity contribution in [2.75, 3.05) is 19.6 Å². The molecule has 0 aliphatic heterocycles. The number of halogens is 2. The van der Waals surface area contributed by atoms with E-state index >= 15 is 0 Å². The first-order valence-electron chi connectivity index (χ1n) is 9.53. The predicted molar refractivity (Wildman–Crippen MR) is 129 cm³/mol. The number of guanidine groups is 1. The van der Waals surface area contributed by atoms with Gasteiger partial charge >= 0.3 is 0 Å². The Hall–Kier alpha value is -1.54. The lowest BCUT2D eigenvalue weighted by Gasteiger charge is -2.12. The summed E-state index contributed by atoms with van der Waals surface area (Å²) in [6.45, 7) is 7.10. The van der Waals surface area contributed by atoms with Gasteiger partial charge in [-0.15, -0.1) is 24.0 Å². The maximum absolute atomic E-state index is 11.9. The normalized spacial score (nSPS) is 11.0. The number of hydrogen-bond acceptors (Lipinski definition) is 2. The average molecular weight is 517 g/mol. The molecule has 0 bridgehead atoms. The largest absolute Gasteiger partial charge is 0.357 e. The molecule has 0 aliphatic rings.